The van der Waals surface area contributed by atoms with Crippen LogP contribution in [0.1, 0.15) is 20.3 Å². The standard InChI is InChI=1S/C11H18N2O4/c1-8(2)3-5-12-10(16)13-11(9(14)15)4-6-17-7-11/h3H,4-7H2,1-2H3,(H,14,15)(H2,12,13,16). The molecule has 0 spiro atoms. The molecule has 1 heterocycles. The maximum Gasteiger partial charge on any atom is 0.332 e. The highest BCUT2D eigenvalue weighted by Crippen LogP contribution is 2.18. The molecule has 1 unspecified atom stereocenters. The van der Waals surface area contributed by atoms with Crippen molar-refractivity contribution in [1.29, 1.82) is 0 Å². The molecule has 0 aromatic heterocycles. The number of urea groups is 1. The molecule has 3 N–H and O–H groups in total. The van der Waals surface area contributed by atoms with Crippen molar-refractivity contribution in [2.45, 2.75) is 25.8 Å². The molecule has 17 heavy (non-hydrogen) atoms. The molecule has 1 aliphatic rings. The van der Waals surface area contributed by atoms with Crippen LogP contribution in [0.3, 0.4) is 0 Å². The van der Waals surface area contributed by atoms with Gasteiger partial charge in [0, 0.05) is 19.6 Å². The molecule has 0 aliphatic carbocycles. The second-order valence-corrected chi connectivity index (χ2v) is 4.31. The summed E-state index contributed by atoms with van der Waals surface area (Å²) >= 11 is 0. The normalized spacial score (nSPS) is 22.9. The number of aliphatic carboxylic acids is 1. The number of hydrogen-bond donors (Lipinski definition) is 3. The number of carbonyl (C=O) groups is 2. The number of carboxylic acids is 1. The van der Waals surface area contributed by atoms with Gasteiger partial charge in [-0.05, 0) is 13.8 Å². The molecule has 0 saturated carbocycles. The van der Waals surface area contributed by atoms with Crippen LogP contribution in [0, 0.1) is 0 Å². The van der Waals surface area contributed by atoms with Crippen LogP contribution in [-0.4, -0.2) is 42.4 Å². The monoisotopic (exact) mass is 242 g/mol. The Morgan fingerprint density at radius 3 is 2.65 bits per heavy atom. The van der Waals surface area contributed by atoms with Gasteiger partial charge < -0.3 is 20.5 Å². The van der Waals surface area contributed by atoms with E-state index >= 15 is 0 Å². The number of nitrogens with one attached hydrogen (secondary N) is 2. The van der Waals surface area contributed by atoms with E-state index in [2.05, 4.69) is 10.6 Å². The molecule has 0 aromatic carbocycles. The third kappa shape index (κ3) is 3.74. The molecule has 1 rings (SSSR count). The minimum absolute atomic E-state index is 0.0123. The van der Waals surface area contributed by atoms with Crippen molar-refractivity contribution in [3.05, 3.63) is 11.6 Å². The third-order valence-electron chi connectivity index (χ3n) is 2.56. The van der Waals surface area contributed by atoms with E-state index in [1.807, 2.05) is 19.9 Å². The van der Waals surface area contributed by atoms with Crippen LogP contribution in [0.25, 0.3) is 0 Å². The largest absolute Gasteiger partial charge is 0.479 e. The quantitative estimate of drug-likeness (QED) is 0.626. The molecule has 6 nitrogen and oxygen atoms in total. The van der Waals surface area contributed by atoms with Crippen molar-refractivity contribution in [3.63, 3.8) is 0 Å². The van der Waals surface area contributed by atoms with E-state index in [4.69, 9.17) is 9.84 Å². The van der Waals surface area contributed by atoms with E-state index < -0.39 is 17.5 Å². The summed E-state index contributed by atoms with van der Waals surface area (Å²) in [6, 6.07) is -0.490. The van der Waals surface area contributed by atoms with Crippen LogP contribution in [0.2, 0.25) is 0 Å². The van der Waals surface area contributed by atoms with Crippen molar-refractivity contribution in [2.75, 3.05) is 19.8 Å². The van der Waals surface area contributed by atoms with Gasteiger partial charge >= 0.3 is 12.0 Å². The zero-order chi connectivity index (χ0) is 12.9. The fourth-order valence-corrected chi connectivity index (χ4v) is 1.50. The first-order chi connectivity index (χ1) is 7.96. The zero-order valence-electron chi connectivity index (χ0n) is 10.1. The minimum Gasteiger partial charge on any atom is -0.479 e. The number of hydrogen-bond acceptors (Lipinski definition) is 3. The molecule has 0 bridgehead atoms. The van der Waals surface area contributed by atoms with Crippen molar-refractivity contribution in [2.24, 2.45) is 0 Å². The molecule has 96 valence electrons. The van der Waals surface area contributed by atoms with Gasteiger partial charge in [0.1, 0.15) is 0 Å². The van der Waals surface area contributed by atoms with Crippen LogP contribution in [0.5, 0.6) is 0 Å². The summed E-state index contributed by atoms with van der Waals surface area (Å²) in [5.41, 5.74) is -0.197. The molecular weight excluding hydrogens is 224 g/mol. The smallest absolute Gasteiger partial charge is 0.332 e. The molecule has 1 fully saturated rings. The number of amides is 2. The number of rotatable bonds is 4. The van der Waals surface area contributed by atoms with E-state index in [9.17, 15) is 9.59 Å². The summed E-state index contributed by atoms with van der Waals surface area (Å²) in [6.45, 7) is 4.58. The fraction of sp³-hybridized carbons (Fsp3) is 0.636. The second kappa shape index (κ2) is 5.67. The van der Waals surface area contributed by atoms with Gasteiger partial charge in [-0.3, -0.25) is 0 Å². The number of ether oxygens (including phenoxy) is 1. The predicted octanol–water partition coefficient (Wildman–Crippen LogP) is 0.495. The Morgan fingerprint density at radius 1 is 1.47 bits per heavy atom. The average Bonchev–Trinajstić information content (AvgIpc) is 2.66. The molecule has 1 aliphatic heterocycles. The highest BCUT2D eigenvalue weighted by atomic mass is 16.5. The minimum atomic E-state index is -1.28. The lowest BCUT2D eigenvalue weighted by atomic mass is 9.99. The number of allylic oxidation sites excluding steroid dienone is 1. The van der Waals surface area contributed by atoms with E-state index in [1.54, 1.807) is 0 Å². The Hall–Kier alpha value is -1.56. The number of carbonyl (C=O) groups excluding carboxylic acids is 1. The summed E-state index contributed by atoms with van der Waals surface area (Å²) in [6.07, 6.45) is 2.14. The van der Waals surface area contributed by atoms with Gasteiger partial charge in [0.05, 0.1) is 6.61 Å². The van der Waals surface area contributed by atoms with E-state index in [1.165, 1.54) is 0 Å². The van der Waals surface area contributed by atoms with Gasteiger partial charge in [0.15, 0.2) is 5.54 Å². The summed E-state index contributed by atoms with van der Waals surface area (Å²) in [4.78, 5) is 22.6. The summed E-state index contributed by atoms with van der Waals surface area (Å²) < 4.78 is 5.03. The predicted molar refractivity (Wildman–Crippen MR) is 61.8 cm³/mol. The second-order valence-electron chi connectivity index (χ2n) is 4.31. The topological polar surface area (TPSA) is 87.7 Å². The van der Waals surface area contributed by atoms with Gasteiger partial charge in [-0.2, -0.15) is 0 Å². The van der Waals surface area contributed by atoms with Gasteiger partial charge in [-0.1, -0.05) is 11.6 Å². The maximum atomic E-state index is 11.5. The van der Waals surface area contributed by atoms with Gasteiger partial charge in [0.2, 0.25) is 0 Å². The summed E-state index contributed by atoms with van der Waals surface area (Å²) in [5, 5.41) is 14.1. The third-order valence-corrected chi connectivity index (χ3v) is 2.56. The molecule has 0 radical (unpaired) electrons. The molecule has 1 saturated heterocycles. The van der Waals surface area contributed by atoms with E-state index in [0.717, 1.165) is 5.57 Å². The number of carboxylic acid groups (broad SMARTS) is 1. The lowest BCUT2D eigenvalue weighted by molar-refractivity contribution is -0.144. The fourth-order valence-electron chi connectivity index (χ4n) is 1.50. The Bertz CT molecular complexity index is 328. The van der Waals surface area contributed by atoms with Crippen molar-refractivity contribution >= 4 is 12.0 Å². The lowest BCUT2D eigenvalue weighted by Gasteiger charge is -2.23. The van der Waals surface area contributed by atoms with Crippen molar-refractivity contribution in [1.82, 2.24) is 10.6 Å². The molecule has 2 amide bonds. The van der Waals surface area contributed by atoms with Crippen LogP contribution in [-0.2, 0) is 9.53 Å². The van der Waals surface area contributed by atoms with E-state index in [-0.39, 0.29) is 6.61 Å². The lowest BCUT2D eigenvalue weighted by Crippen LogP contribution is -2.57. The van der Waals surface area contributed by atoms with Crippen molar-refractivity contribution in [3.8, 4) is 0 Å². The first-order valence-corrected chi connectivity index (χ1v) is 5.47. The molecular formula is C11H18N2O4. The zero-order valence-corrected chi connectivity index (χ0v) is 10.1. The first-order valence-electron chi connectivity index (χ1n) is 5.47. The van der Waals surface area contributed by atoms with Crippen molar-refractivity contribution < 1.29 is 19.4 Å². The van der Waals surface area contributed by atoms with Crippen LogP contribution < -0.4 is 10.6 Å². The maximum absolute atomic E-state index is 11.5. The Balaban J connectivity index is 2.48. The highest BCUT2D eigenvalue weighted by Gasteiger charge is 2.43. The molecule has 0 aromatic rings. The Morgan fingerprint density at radius 2 is 2.18 bits per heavy atom. The van der Waals surface area contributed by atoms with E-state index in [0.29, 0.717) is 19.6 Å². The summed E-state index contributed by atoms with van der Waals surface area (Å²) in [7, 11) is 0. The van der Waals surface area contributed by atoms with Gasteiger partial charge in [-0.25, -0.2) is 9.59 Å². The first kappa shape index (κ1) is 13.5. The van der Waals surface area contributed by atoms with Crippen LogP contribution in [0.4, 0.5) is 4.79 Å². The Kier molecular flexibility index (Phi) is 4.51. The van der Waals surface area contributed by atoms with Crippen LogP contribution in [0.15, 0.2) is 11.6 Å². The molecule has 6 heteroatoms. The Labute approximate surface area is 100 Å². The average molecular weight is 242 g/mol. The summed E-state index contributed by atoms with van der Waals surface area (Å²) in [5.74, 6) is -1.06. The highest BCUT2D eigenvalue weighted by molar-refractivity contribution is 5.86. The van der Waals surface area contributed by atoms with Gasteiger partial charge in [0.25, 0.3) is 0 Å². The van der Waals surface area contributed by atoms with Gasteiger partial charge in [-0.15, -0.1) is 0 Å². The SMILES string of the molecule is CC(C)=CCNC(=O)NC1(C(=O)O)CCOC1. The molecule has 1 atom stereocenters. The van der Waals surface area contributed by atoms with Crippen LogP contribution >= 0.6 is 0 Å².